The maximum absolute atomic E-state index is 11.5. The fourth-order valence-electron chi connectivity index (χ4n) is 6.51. The van der Waals surface area contributed by atoms with Gasteiger partial charge >= 0.3 is 30.1 Å². The summed E-state index contributed by atoms with van der Waals surface area (Å²) in [7, 11) is 17.8. The molecule has 7 fully saturated rings. The third-order valence-electron chi connectivity index (χ3n) is 13.6. The van der Waals surface area contributed by atoms with E-state index in [0.29, 0.717) is 61.1 Å². The summed E-state index contributed by atoms with van der Waals surface area (Å²) in [6.45, 7) is 41.8. The topological polar surface area (TPSA) is 334 Å². The number of ether oxygens (including phenoxy) is 17. The minimum atomic E-state index is -4.69. The van der Waals surface area contributed by atoms with Crippen molar-refractivity contribution >= 4 is 53.3 Å². The van der Waals surface area contributed by atoms with E-state index in [-0.39, 0.29) is 41.3 Å². The lowest BCUT2D eigenvalue weighted by molar-refractivity contribution is -0.149. The molecular formula is C71H117F3N2O26. The highest BCUT2D eigenvalue weighted by Gasteiger charge is 2.44. The van der Waals surface area contributed by atoms with Crippen LogP contribution in [0, 0.1) is 11.3 Å². The fourth-order valence-corrected chi connectivity index (χ4v) is 6.51. The number of methoxy groups -OCH3 is 11. The lowest BCUT2D eigenvalue weighted by Crippen LogP contribution is -2.45. The molecule has 28 nitrogen and oxygen atoms in total. The summed E-state index contributed by atoms with van der Waals surface area (Å²) < 4.78 is 114. The quantitative estimate of drug-likeness (QED) is 0.0202. The summed E-state index contributed by atoms with van der Waals surface area (Å²) in [6.07, 6.45) is 13.7. The molecule has 9 rings (SSSR count). The molecule has 0 N–H and O–H groups in total. The van der Waals surface area contributed by atoms with Gasteiger partial charge in [0, 0.05) is 104 Å². The smallest absolute Gasteiger partial charge is 0.422 e. The molecule has 0 radical (unpaired) electrons. The minimum Gasteiger partial charge on any atom is -0.505 e. The van der Waals surface area contributed by atoms with Crippen molar-refractivity contribution in [1.82, 2.24) is 9.80 Å². The normalized spacial score (nSPS) is 21.3. The van der Waals surface area contributed by atoms with Crippen LogP contribution in [-0.4, -0.2) is 275 Å². The second kappa shape index (κ2) is 60.3. The lowest BCUT2D eigenvalue weighted by Gasteiger charge is -2.39. The second-order valence-corrected chi connectivity index (χ2v) is 23.0. The van der Waals surface area contributed by atoms with Crippen molar-refractivity contribution in [1.29, 1.82) is 0 Å². The number of allylic oxidation sites excluding steroid dienone is 1. The van der Waals surface area contributed by atoms with Gasteiger partial charge in [0.15, 0.2) is 5.78 Å². The number of carbonyl (C=O) groups excluding carboxylic acids is 9. The summed E-state index contributed by atoms with van der Waals surface area (Å²) in [6, 6.07) is 0. The molecule has 1 aliphatic carbocycles. The Kier molecular flexibility index (Phi) is 61.2. The number of rotatable bonds is 21. The van der Waals surface area contributed by atoms with Crippen molar-refractivity contribution in [2.45, 2.75) is 128 Å². The lowest BCUT2D eigenvalue weighted by atomic mass is 9.84. The van der Waals surface area contributed by atoms with Crippen molar-refractivity contribution < 1.29 is 137 Å². The summed E-state index contributed by atoms with van der Waals surface area (Å²) in [5, 5.41) is 0. The molecule has 588 valence electrons. The molecule has 4 amide bonds. The predicted octanol–water partition coefficient (Wildman–Crippen LogP) is 7.66. The van der Waals surface area contributed by atoms with E-state index in [1.165, 1.54) is 78.6 Å². The highest BCUT2D eigenvalue weighted by atomic mass is 19.4. The first-order valence-electron chi connectivity index (χ1n) is 31.8. The number of alkyl halides is 3. The molecule has 0 aromatic carbocycles. The molecule has 0 aromatic rings. The number of halogens is 3. The Morgan fingerprint density at radius 1 is 0.667 bits per heavy atom. The predicted molar refractivity (Wildman–Crippen MR) is 373 cm³/mol. The van der Waals surface area contributed by atoms with Gasteiger partial charge in [-0.1, -0.05) is 45.9 Å². The van der Waals surface area contributed by atoms with E-state index in [2.05, 4.69) is 107 Å². The molecule has 102 heavy (non-hydrogen) atoms. The molecule has 31 heteroatoms. The van der Waals surface area contributed by atoms with Crippen LogP contribution in [-0.2, 0) is 124 Å². The molecule has 9 aliphatic rings. The minimum absolute atomic E-state index is 0.0341. The van der Waals surface area contributed by atoms with E-state index in [9.17, 15) is 56.3 Å². The van der Waals surface area contributed by atoms with Crippen LogP contribution in [0.4, 0.5) is 13.2 Å². The molecule has 0 spiro atoms. The van der Waals surface area contributed by atoms with E-state index >= 15 is 0 Å². The van der Waals surface area contributed by atoms with Crippen molar-refractivity contribution in [3.8, 4) is 0 Å². The van der Waals surface area contributed by atoms with E-state index < -0.39 is 41.5 Å². The van der Waals surface area contributed by atoms with Gasteiger partial charge in [-0.15, -0.1) is 6.58 Å². The average Bonchev–Trinajstić information content (AvgIpc) is 1.73. The Morgan fingerprint density at radius 2 is 1.15 bits per heavy atom. The van der Waals surface area contributed by atoms with Gasteiger partial charge in [0.05, 0.1) is 138 Å². The molecule has 0 bridgehead atoms. The number of epoxide rings is 5. The average molecular weight is 1470 g/mol. The summed E-state index contributed by atoms with van der Waals surface area (Å²) in [5.74, 6) is -3.44. The number of fused-ring (bicyclic) bond motifs is 1. The van der Waals surface area contributed by atoms with Gasteiger partial charge in [-0.3, -0.25) is 38.6 Å². The van der Waals surface area contributed by atoms with Crippen molar-refractivity contribution in [2.75, 3.05) is 164 Å². The summed E-state index contributed by atoms with van der Waals surface area (Å²) >= 11 is 0. The van der Waals surface area contributed by atoms with Crippen molar-refractivity contribution in [2.24, 2.45) is 11.3 Å². The van der Waals surface area contributed by atoms with Crippen LogP contribution >= 0.6 is 0 Å². The number of esters is 4. The summed E-state index contributed by atoms with van der Waals surface area (Å²) in [4.78, 5) is 95.5. The van der Waals surface area contributed by atoms with Crippen LogP contribution in [0.2, 0.25) is 0 Å². The van der Waals surface area contributed by atoms with Gasteiger partial charge in [-0.25, -0.2) is 14.4 Å². The van der Waals surface area contributed by atoms with E-state index in [0.717, 1.165) is 101 Å². The van der Waals surface area contributed by atoms with Gasteiger partial charge in [-0.05, 0) is 79.2 Å². The largest absolute Gasteiger partial charge is 0.505 e. The fraction of sp³-hybridized carbons (Fsp3) is 0.648. The highest BCUT2D eigenvalue weighted by Crippen LogP contribution is 2.39. The second-order valence-electron chi connectivity index (χ2n) is 23.0. The number of likely N-dealkylation sites (N-methyl/N-ethyl adjacent to an activating group) is 1. The highest BCUT2D eigenvalue weighted by molar-refractivity contribution is 6.14. The van der Waals surface area contributed by atoms with Gasteiger partial charge in [0.2, 0.25) is 0 Å². The Hall–Kier alpha value is -7.14. The molecular weight excluding hydrogens is 1350 g/mol. The number of hydrogen-bond donors (Lipinski definition) is 0. The molecule has 1 saturated carbocycles. The maximum atomic E-state index is 11.5. The van der Waals surface area contributed by atoms with Crippen LogP contribution in [0.5, 0.6) is 0 Å². The zero-order valence-electron chi connectivity index (χ0n) is 63.5. The SMILES string of the molecule is C=C(C(=O)OC)C(F)(F)F.C=C(C)C(=O)OC.C=CC(=O)CCOC.C=CC(=O)OC.C=CCOC.C=COC.CC1CO1.CC1OC1(C)C.CCC1(COC)COC1.CN1C(=O)C=CC1=O.COC(=O)CN1C(=O)C=CC1=O.COCC1(C)CO1.COCC1CCC2OC2C1.COCC1CO1. The molecule has 0 aromatic heterocycles. The number of hydrogen-bond acceptors (Lipinski definition) is 26. The zero-order chi connectivity index (χ0) is 79.7. The molecule has 7 unspecified atom stereocenters. The molecule has 8 heterocycles. The number of ketones is 1. The maximum Gasteiger partial charge on any atom is 0.422 e. The van der Waals surface area contributed by atoms with Gasteiger partial charge in [0.1, 0.15) is 23.8 Å². The molecule has 6 saturated heterocycles. The first-order valence-corrected chi connectivity index (χ1v) is 31.8. The van der Waals surface area contributed by atoms with E-state index in [1.54, 1.807) is 62.8 Å². The Morgan fingerprint density at radius 3 is 1.34 bits per heavy atom. The summed E-state index contributed by atoms with van der Waals surface area (Å²) in [5.41, 5.74) is -0.402. The van der Waals surface area contributed by atoms with E-state index in [1.807, 2.05) is 6.92 Å². The van der Waals surface area contributed by atoms with Crippen LogP contribution in [0.25, 0.3) is 0 Å². The first kappa shape index (κ1) is 103. The van der Waals surface area contributed by atoms with Gasteiger partial charge in [0.25, 0.3) is 23.6 Å². The van der Waals surface area contributed by atoms with Crippen molar-refractivity contribution in [3.63, 3.8) is 0 Å². The third kappa shape index (κ3) is 58.4. The van der Waals surface area contributed by atoms with E-state index in [4.69, 9.17) is 47.4 Å². The first-order chi connectivity index (χ1) is 47.8. The number of carbonyl (C=O) groups is 9. The van der Waals surface area contributed by atoms with Crippen LogP contribution < -0.4 is 0 Å². The number of imide groups is 2. The number of nitrogens with zero attached hydrogens (tertiary/aromatic N) is 2. The molecule has 8 aliphatic heterocycles. The van der Waals surface area contributed by atoms with Gasteiger partial charge < -0.3 is 80.5 Å². The number of amides is 4. The Balaban J connectivity index is -0.000000334. The zero-order valence-corrected chi connectivity index (χ0v) is 63.5. The van der Waals surface area contributed by atoms with Crippen LogP contribution in [0.1, 0.15) is 80.6 Å². The van der Waals surface area contributed by atoms with Gasteiger partial charge in [-0.2, -0.15) is 13.2 Å². The third-order valence-corrected chi connectivity index (χ3v) is 13.6. The van der Waals surface area contributed by atoms with Crippen LogP contribution in [0.15, 0.2) is 99.4 Å². The van der Waals surface area contributed by atoms with Crippen molar-refractivity contribution in [3.05, 3.63) is 99.4 Å². The monoisotopic (exact) mass is 1470 g/mol. The molecule has 7 atom stereocenters. The van der Waals surface area contributed by atoms with Crippen LogP contribution in [0.3, 0.4) is 0 Å². The standard InChI is InChI=1S/C8H14O2.C7H7NO4.C7H14O2.C6H10O2.C5H5F3O2.C5H5NO2.C5H10O2.C5H8O2.C5H10O.C4H8O2.C4H6O2.C4H8O.2C3H6O/c1-9-5-6-2-3-7-8(4-6)10-7;1-12-7(11)4-8-5(9)2-3-6(8)10;1-3-7(4-8-2)5-9-6-7;1-3-6(7)4-5-8-2;1-3(4(9)10-2)5(6,7)8;1-6-4(7)2-3-5(6)8;1-5(3-6-2)4-7-5;1-4(2)5(6)7-3;1-4-5(2,3)6-4;1-5-2-4-3-6-4;1-3-4(5)6-2;1-3-4-5-2;1-3-2-4-3;1-3-4-2/h6-8H,2-5H2,1H3;2-3H,4H2,1H3;3-6H2,1-2H3;3H,1,4-5H2,2H3;1H2,2H3;2-3H,1H3;3-4H2,1-2H3;1H2,2-3H3;4H,1-3H3;4H,2-3H2,1H3;3H,1H2,2H3;3H,1,4H2,2H3;3H,2H2,1H3;3H,1H2,2H3. The Bertz CT molecular complexity index is 2500. The Labute approximate surface area is 601 Å².